The predicted octanol–water partition coefficient (Wildman–Crippen LogP) is 0.745. The second-order valence-electron chi connectivity index (χ2n) is 4.86. The summed E-state index contributed by atoms with van der Waals surface area (Å²) in [5.74, 6) is 0.461. The van der Waals surface area contributed by atoms with Gasteiger partial charge in [0.1, 0.15) is 0 Å². The average molecular weight is 300 g/mol. The number of rotatable bonds is 6. The molecule has 18 heavy (non-hydrogen) atoms. The Morgan fingerprint density at radius 3 is 1.28 bits per heavy atom. The van der Waals surface area contributed by atoms with Crippen molar-refractivity contribution < 1.29 is 25.2 Å². The molecule has 0 spiro atoms. The first-order valence-corrected chi connectivity index (χ1v) is 9.48. The summed E-state index contributed by atoms with van der Waals surface area (Å²) in [6.45, 7) is 0.441. The average Bonchev–Trinajstić information content (AvgIpc) is 2.23. The molecule has 1 saturated carbocycles. The second-order valence-corrected chi connectivity index (χ2v) is 8.15. The topological polar surface area (TPSA) is 86.7 Å². The lowest BCUT2D eigenvalue weighted by atomic mass is 9.83. The molecule has 0 bridgehead atoms. The van der Waals surface area contributed by atoms with E-state index >= 15 is 0 Å². The fourth-order valence-electron chi connectivity index (χ4n) is 2.00. The van der Waals surface area contributed by atoms with Crippen LogP contribution in [0.3, 0.4) is 0 Å². The van der Waals surface area contributed by atoms with Crippen LogP contribution in [0.15, 0.2) is 0 Å². The molecule has 0 N–H and O–H groups in total. The Labute approximate surface area is 109 Å². The molecule has 1 rings (SSSR count). The van der Waals surface area contributed by atoms with E-state index in [4.69, 9.17) is 8.37 Å². The van der Waals surface area contributed by atoms with Gasteiger partial charge in [0.05, 0.1) is 25.7 Å². The molecular weight excluding hydrogens is 280 g/mol. The molecule has 8 heteroatoms. The van der Waals surface area contributed by atoms with Crippen molar-refractivity contribution in [2.24, 2.45) is 11.8 Å². The third kappa shape index (κ3) is 7.30. The number of hydrogen-bond acceptors (Lipinski definition) is 6. The third-order valence-electron chi connectivity index (χ3n) is 3.00. The van der Waals surface area contributed by atoms with Gasteiger partial charge >= 0.3 is 0 Å². The van der Waals surface area contributed by atoms with Crippen molar-refractivity contribution in [1.29, 1.82) is 0 Å². The Hall–Kier alpha value is -0.180. The van der Waals surface area contributed by atoms with Gasteiger partial charge in [-0.3, -0.25) is 8.37 Å². The van der Waals surface area contributed by atoms with E-state index in [1.165, 1.54) is 0 Å². The molecule has 0 aromatic carbocycles. The lowest BCUT2D eigenvalue weighted by Crippen LogP contribution is -2.23. The van der Waals surface area contributed by atoms with Crippen LogP contribution in [-0.4, -0.2) is 42.6 Å². The van der Waals surface area contributed by atoms with Gasteiger partial charge < -0.3 is 0 Å². The van der Waals surface area contributed by atoms with Gasteiger partial charge in [-0.05, 0) is 37.5 Å². The summed E-state index contributed by atoms with van der Waals surface area (Å²) >= 11 is 0. The molecule has 0 atom stereocenters. The van der Waals surface area contributed by atoms with Crippen LogP contribution in [0.1, 0.15) is 25.7 Å². The molecule has 0 aromatic rings. The molecule has 6 nitrogen and oxygen atoms in total. The fraction of sp³-hybridized carbons (Fsp3) is 1.00. The molecular formula is C10H20O6S2. The molecule has 0 heterocycles. The van der Waals surface area contributed by atoms with E-state index in [0.29, 0.717) is 0 Å². The van der Waals surface area contributed by atoms with Gasteiger partial charge in [-0.2, -0.15) is 16.8 Å². The molecule has 0 aliphatic heterocycles. The summed E-state index contributed by atoms with van der Waals surface area (Å²) in [6.07, 6.45) is 5.44. The van der Waals surface area contributed by atoms with Crippen molar-refractivity contribution >= 4 is 20.2 Å². The van der Waals surface area contributed by atoms with Crippen LogP contribution in [0.25, 0.3) is 0 Å². The van der Waals surface area contributed by atoms with Crippen molar-refractivity contribution in [2.45, 2.75) is 25.7 Å². The summed E-state index contributed by atoms with van der Waals surface area (Å²) in [7, 11) is -6.74. The summed E-state index contributed by atoms with van der Waals surface area (Å²) < 4.78 is 52.9. The maximum Gasteiger partial charge on any atom is 0.264 e. The smallest absolute Gasteiger partial charge is 0.264 e. The molecule has 0 amide bonds. The van der Waals surface area contributed by atoms with Crippen molar-refractivity contribution in [3.63, 3.8) is 0 Å². The van der Waals surface area contributed by atoms with E-state index in [-0.39, 0.29) is 25.0 Å². The first-order valence-electron chi connectivity index (χ1n) is 5.84. The monoisotopic (exact) mass is 300 g/mol. The zero-order valence-corrected chi connectivity index (χ0v) is 12.3. The second kappa shape index (κ2) is 6.31. The van der Waals surface area contributed by atoms with E-state index in [2.05, 4.69) is 0 Å². The maximum atomic E-state index is 10.8. The minimum Gasteiger partial charge on any atom is -0.270 e. The van der Waals surface area contributed by atoms with Crippen molar-refractivity contribution in [3.05, 3.63) is 0 Å². The van der Waals surface area contributed by atoms with E-state index in [1.54, 1.807) is 0 Å². The van der Waals surface area contributed by atoms with Crippen molar-refractivity contribution in [2.75, 3.05) is 25.7 Å². The van der Waals surface area contributed by atoms with Gasteiger partial charge in [0.2, 0.25) is 0 Å². The van der Waals surface area contributed by atoms with Crippen LogP contribution < -0.4 is 0 Å². The van der Waals surface area contributed by atoms with E-state index in [9.17, 15) is 16.8 Å². The standard InChI is InChI=1S/C10H20O6S2/c1-17(11,12)15-7-9-3-5-10(6-4-9)8-16-18(2,13)14/h9-10H,3-8H2,1-2H3/t9-,10-. The van der Waals surface area contributed by atoms with E-state index in [1.807, 2.05) is 0 Å². The fourth-order valence-corrected chi connectivity index (χ4v) is 2.88. The van der Waals surface area contributed by atoms with Crippen LogP contribution in [-0.2, 0) is 28.6 Å². The lowest BCUT2D eigenvalue weighted by Gasteiger charge is -2.27. The van der Waals surface area contributed by atoms with Gasteiger partial charge in [0.15, 0.2) is 0 Å². The molecule has 0 saturated heterocycles. The molecule has 1 fully saturated rings. The summed E-state index contributed by atoms with van der Waals surface area (Å²) in [4.78, 5) is 0. The molecule has 0 unspecified atom stereocenters. The Bertz CT molecular complexity index is 401. The molecule has 1 aliphatic carbocycles. The predicted molar refractivity (Wildman–Crippen MR) is 67.0 cm³/mol. The Morgan fingerprint density at radius 2 is 1.06 bits per heavy atom. The minimum absolute atomic E-state index is 0.221. The SMILES string of the molecule is CS(=O)(=O)OC[C@H]1CC[C@H](COS(C)(=O)=O)CC1. The van der Waals surface area contributed by atoms with Crippen LogP contribution in [0.5, 0.6) is 0 Å². The minimum atomic E-state index is -3.37. The largest absolute Gasteiger partial charge is 0.270 e. The van der Waals surface area contributed by atoms with Gasteiger partial charge in [-0.1, -0.05) is 0 Å². The van der Waals surface area contributed by atoms with Gasteiger partial charge in [-0.15, -0.1) is 0 Å². The quantitative estimate of drug-likeness (QED) is 0.673. The Morgan fingerprint density at radius 1 is 0.778 bits per heavy atom. The Kier molecular flexibility index (Phi) is 5.57. The zero-order valence-electron chi connectivity index (χ0n) is 10.7. The van der Waals surface area contributed by atoms with Crippen LogP contribution in [0, 0.1) is 11.8 Å². The summed E-state index contributed by atoms with van der Waals surface area (Å²) in [6, 6.07) is 0. The first-order chi connectivity index (χ1) is 8.16. The summed E-state index contributed by atoms with van der Waals surface area (Å²) in [5.41, 5.74) is 0. The van der Waals surface area contributed by atoms with Gasteiger partial charge in [0.25, 0.3) is 20.2 Å². The highest BCUT2D eigenvalue weighted by Crippen LogP contribution is 2.29. The highest BCUT2D eigenvalue weighted by atomic mass is 32.2. The molecule has 0 radical (unpaired) electrons. The van der Waals surface area contributed by atoms with Crippen molar-refractivity contribution in [1.82, 2.24) is 0 Å². The molecule has 108 valence electrons. The third-order valence-corrected chi connectivity index (χ3v) is 4.13. The maximum absolute atomic E-state index is 10.8. The highest BCUT2D eigenvalue weighted by Gasteiger charge is 2.23. The van der Waals surface area contributed by atoms with E-state index in [0.717, 1.165) is 38.2 Å². The lowest BCUT2D eigenvalue weighted by molar-refractivity contribution is 0.154. The van der Waals surface area contributed by atoms with Crippen LogP contribution in [0.4, 0.5) is 0 Å². The molecule has 0 aromatic heterocycles. The van der Waals surface area contributed by atoms with E-state index < -0.39 is 20.2 Å². The Balaban J connectivity index is 2.25. The summed E-state index contributed by atoms with van der Waals surface area (Å²) in [5, 5.41) is 0. The normalized spacial score (nSPS) is 26.1. The molecule has 1 aliphatic rings. The van der Waals surface area contributed by atoms with Crippen LogP contribution in [0.2, 0.25) is 0 Å². The zero-order chi connectivity index (χ0) is 13.8. The van der Waals surface area contributed by atoms with Gasteiger partial charge in [-0.25, -0.2) is 0 Å². The van der Waals surface area contributed by atoms with Crippen molar-refractivity contribution in [3.8, 4) is 0 Å². The number of hydrogen-bond donors (Lipinski definition) is 0. The highest BCUT2D eigenvalue weighted by molar-refractivity contribution is 7.86. The van der Waals surface area contributed by atoms with Crippen LogP contribution >= 0.6 is 0 Å². The first kappa shape index (κ1) is 15.9. The van der Waals surface area contributed by atoms with Gasteiger partial charge in [0, 0.05) is 0 Å².